The Hall–Kier alpha value is -2.15. The van der Waals surface area contributed by atoms with Crippen molar-refractivity contribution in [2.75, 3.05) is 5.75 Å². The van der Waals surface area contributed by atoms with Crippen LogP contribution in [0.2, 0.25) is 0 Å². The second-order valence-corrected chi connectivity index (χ2v) is 5.32. The molecule has 0 N–H and O–H groups in total. The molecule has 0 spiro atoms. The molecular weight excluding hydrogens is 346 g/mol. The lowest BCUT2D eigenvalue weighted by molar-refractivity contribution is -0.155. The molecule has 122 valence electrons. The van der Waals surface area contributed by atoms with Crippen molar-refractivity contribution in [1.29, 1.82) is 5.26 Å². The zero-order valence-corrected chi connectivity index (χ0v) is 11.8. The fraction of sp³-hybridized carbons (Fsp3) is 0.231. The maximum atomic E-state index is 12.5. The van der Waals surface area contributed by atoms with Gasteiger partial charge in [-0.2, -0.15) is 31.6 Å². The largest absolute Gasteiger partial charge is 0.452 e. The molecule has 1 aromatic carbocycles. The van der Waals surface area contributed by atoms with E-state index in [9.17, 15) is 26.3 Å². The Balaban J connectivity index is 2.34. The second-order valence-electron chi connectivity index (χ2n) is 4.30. The number of benzene rings is 1. The smallest absolute Gasteiger partial charge is 0.351 e. The molecule has 0 unspecified atom stereocenters. The highest BCUT2D eigenvalue weighted by Crippen LogP contribution is 2.35. The van der Waals surface area contributed by atoms with Gasteiger partial charge in [-0.05, 0) is 12.1 Å². The Labute approximate surface area is 129 Å². The molecule has 0 atom stereocenters. The fourth-order valence-corrected chi connectivity index (χ4v) is 2.40. The fourth-order valence-electron chi connectivity index (χ4n) is 1.60. The van der Waals surface area contributed by atoms with Gasteiger partial charge < -0.3 is 4.52 Å². The van der Waals surface area contributed by atoms with Gasteiger partial charge in [-0.3, -0.25) is 0 Å². The van der Waals surface area contributed by atoms with Crippen LogP contribution in [-0.4, -0.2) is 17.1 Å². The first-order valence-corrected chi connectivity index (χ1v) is 6.87. The SMILES string of the molecule is N#Cc1ccc(-c2cc(C(F)(F)F)on2)cc1SCC(F)(F)F. The van der Waals surface area contributed by atoms with E-state index >= 15 is 0 Å². The van der Waals surface area contributed by atoms with Crippen molar-refractivity contribution in [3.63, 3.8) is 0 Å². The molecule has 3 nitrogen and oxygen atoms in total. The zero-order chi connectivity index (χ0) is 17.3. The normalized spacial score (nSPS) is 12.2. The average Bonchev–Trinajstić information content (AvgIpc) is 2.94. The molecule has 0 amide bonds. The minimum atomic E-state index is -4.72. The van der Waals surface area contributed by atoms with E-state index in [0.717, 1.165) is 0 Å². The van der Waals surface area contributed by atoms with Crippen LogP contribution in [0.1, 0.15) is 11.3 Å². The third kappa shape index (κ3) is 4.41. The van der Waals surface area contributed by atoms with Gasteiger partial charge in [0.1, 0.15) is 11.8 Å². The van der Waals surface area contributed by atoms with Crippen LogP contribution in [0.15, 0.2) is 33.7 Å². The first-order valence-electron chi connectivity index (χ1n) is 5.88. The summed E-state index contributed by atoms with van der Waals surface area (Å²) >= 11 is 0.372. The summed E-state index contributed by atoms with van der Waals surface area (Å²) in [6, 6.07) is 6.04. The van der Waals surface area contributed by atoms with E-state index in [4.69, 9.17) is 5.26 Å². The van der Waals surface area contributed by atoms with Crippen LogP contribution in [0.4, 0.5) is 26.3 Å². The van der Waals surface area contributed by atoms with E-state index in [0.29, 0.717) is 17.8 Å². The molecule has 0 aliphatic carbocycles. The van der Waals surface area contributed by atoms with Crippen molar-refractivity contribution in [1.82, 2.24) is 5.16 Å². The van der Waals surface area contributed by atoms with Crippen molar-refractivity contribution in [3.8, 4) is 17.3 Å². The number of hydrogen-bond acceptors (Lipinski definition) is 4. The van der Waals surface area contributed by atoms with Gasteiger partial charge in [0.15, 0.2) is 0 Å². The second kappa shape index (κ2) is 6.16. The molecular formula is C13H6F6N2OS. The Kier molecular flexibility index (Phi) is 4.61. The highest BCUT2D eigenvalue weighted by atomic mass is 32.2. The first kappa shape index (κ1) is 17.2. The van der Waals surface area contributed by atoms with Gasteiger partial charge in [-0.25, -0.2) is 0 Å². The predicted octanol–water partition coefficient (Wildman–Crippen LogP) is 4.89. The summed E-state index contributed by atoms with van der Waals surface area (Å²) < 4.78 is 78.4. The summed E-state index contributed by atoms with van der Waals surface area (Å²) in [7, 11) is 0. The molecule has 1 aromatic heterocycles. The van der Waals surface area contributed by atoms with E-state index in [-0.39, 0.29) is 21.7 Å². The quantitative estimate of drug-likeness (QED) is 0.583. The molecule has 2 rings (SSSR count). The average molecular weight is 352 g/mol. The van der Waals surface area contributed by atoms with E-state index in [1.165, 1.54) is 18.2 Å². The third-order valence-corrected chi connectivity index (χ3v) is 3.70. The Morgan fingerprint density at radius 1 is 1.13 bits per heavy atom. The molecule has 0 bridgehead atoms. The van der Waals surface area contributed by atoms with Crippen LogP contribution in [-0.2, 0) is 6.18 Å². The topological polar surface area (TPSA) is 49.8 Å². The standard InChI is InChI=1S/C13H6F6N2OS/c14-12(15,16)6-23-10-3-7(1-2-8(10)5-20)9-4-11(22-21-9)13(17,18)19/h1-4H,6H2. The molecule has 0 saturated carbocycles. The van der Waals surface area contributed by atoms with Crippen molar-refractivity contribution < 1.29 is 30.9 Å². The van der Waals surface area contributed by atoms with Gasteiger partial charge >= 0.3 is 12.4 Å². The minimum Gasteiger partial charge on any atom is -0.351 e. The monoisotopic (exact) mass is 352 g/mol. The maximum Gasteiger partial charge on any atom is 0.452 e. The van der Waals surface area contributed by atoms with Crippen LogP contribution in [0, 0.1) is 11.3 Å². The first-order chi connectivity index (χ1) is 10.6. The van der Waals surface area contributed by atoms with Crippen molar-refractivity contribution in [3.05, 3.63) is 35.6 Å². The lowest BCUT2D eigenvalue weighted by atomic mass is 10.1. The molecule has 1 heterocycles. The van der Waals surface area contributed by atoms with Gasteiger partial charge in [-0.1, -0.05) is 11.2 Å². The lowest BCUT2D eigenvalue weighted by Gasteiger charge is -2.08. The van der Waals surface area contributed by atoms with Gasteiger partial charge in [0.25, 0.3) is 0 Å². The number of thioether (sulfide) groups is 1. The minimum absolute atomic E-state index is 0.00103. The molecule has 0 saturated heterocycles. The molecule has 10 heteroatoms. The van der Waals surface area contributed by atoms with Gasteiger partial charge in [0.2, 0.25) is 5.76 Å². The summed E-state index contributed by atoms with van der Waals surface area (Å²) in [5, 5.41) is 12.1. The number of aromatic nitrogens is 1. The zero-order valence-electron chi connectivity index (χ0n) is 11.0. The van der Waals surface area contributed by atoms with Crippen LogP contribution < -0.4 is 0 Å². The predicted molar refractivity (Wildman–Crippen MR) is 68.4 cm³/mol. The number of alkyl halides is 6. The van der Waals surface area contributed by atoms with Crippen molar-refractivity contribution in [2.45, 2.75) is 17.2 Å². The Morgan fingerprint density at radius 2 is 1.83 bits per heavy atom. The van der Waals surface area contributed by atoms with Crippen LogP contribution in [0.5, 0.6) is 0 Å². The van der Waals surface area contributed by atoms with Crippen molar-refractivity contribution in [2.24, 2.45) is 0 Å². The molecule has 0 aliphatic heterocycles. The number of nitriles is 1. The number of rotatable bonds is 3. The molecule has 23 heavy (non-hydrogen) atoms. The van der Waals surface area contributed by atoms with E-state index in [2.05, 4.69) is 9.68 Å². The summed E-state index contributed by atoms with van der Waals surface area (Å²) in [5.41, 5.74) is -0.0777. The highest BCUT2D eigenvalue weighted by molar-refractivity contribution is 7.99. The number of halogens is 6. The molecule has 2 aromatic rings. The van der Waals surface area contributed by atoms with Crippen LogP contribution in [0.3, 0.4) is 0 Å². The molecule has 0 aliphatic rings. The summed E-state index contributed by atoms with van der Waals surface area (Å²) in [5.74, 6) is -2.54. The van der Waals surface area contributed by atoms with E-state index in [1.54, 1.807) is 6.07 Å². The van der Waals surface area contributed by atoms with Gasteiger partial charge in [0, 0.05) is 16.5 Å². The Morgan fingerprint density at radius 3 is 2.35 bits per heavy atom. The van der Waals surface area contributed by atoms with Crippen LogP contribution >= 0.6 is 11.8 Å². The Bertz CT molecular complexity index is 744. The van der Waals surface area contributed by atoms with Crippen LogP contribution in [0.25, 0.3) is 11.3 Å². The molecule has 0 fully saturated rings. The number of nitrogens with zero attached hydrogens (tertiary/aromatic N) is 2. The van der Waals surface area contributed by atoms with E-state index in [1.807, 2.05) is 0 Å². The summed E-state index contributed by atoms with van der Waals surface area (Å²) in [6.07, 6.45) is -9.16. The lowest BCUT2D eigenvalue weighted by Crippen LogP contribution is -2.10. The van der Waals surface area contributed by atoms with Gasteiger partial charge in [-0.15, -0.1) is 11.8 Å². The number of hydrogen-bond donors (Lipinski definition) is 0. The van der Waals surface area contributed by atoms with Gasteiger partial charge in [0.05, 0.1) is 11.3 Å². The summed E-state index contributed by atoms with van der Waals surface area (Å²) in [4.78, 5) is -0.00103. The third-order valence-electron chi connectivity index (χ3n) is 2.58. The maximum absolute atomic E-state index is 12.5. The molecule has 0 radical (unpaired) electrons. The highest BCUT2D eigenvalue weighted by Gasteiger charge is 2.36. The summed E-state index contributed by atoms with van der Waals surface area (Å²) in [6.45, 7) is 0. The van der Waals surface area contributed by atoms with Crippen molar-refractivity contribution >= 4 is 11.8 Å². The van der Waals surface area contributed by atoms with E-state index < -0.39 is 23.9 Å².